The number of nitrogens with one attached hydrogen (secondary N) is 1. The molecular weight excluding hydrogens is 316 g/mol. The van der Waals surface area contributed by atoms with E-state index in [0.29, 0.717) is 18.1 Å². The number of amides is 2. The quantitative estimate of drug-likeness (QED) is 0.898. The summed E-state index contributed by atoms with van der Waals surface area (Å²) >= 11 is 5.97. The number of nitrogens with zero attached hydrogens (tertiary/aromatic N) is 1. The van der Waals surface area contributed by atoms with Crippen LogP contribution in [0.2, 0.25) is 5.02 Å². The Morgan fingerprint density at radius 3 is 3.04 bits per heavy atom. The molecule has 0 unspecified atom stereocenters. The third-order valence-corrected chi connectivity index (χ3v) is 4.64. The number of benzene rings is 1. The summed E-state index contributed by atoms with van der Waals surface area (Å²) in [4.78, 5) is 26.1. The number of carbonyl (C=O) groups excluding carboxylic acids is 2. The molecule has 2 heterocycles. The number of carbonyl (C=O) groups is 2. The SMILES string of the molecule is O=C(NCC[C@@H]1CCCO1)[C@@H]1CC(=O)N(c2cccc(Cl)c2)C1. The summed E-state index contributed by atoms with van der Waals surface area (Å²) in [5.74, 6) is -0.390. The third kappa shape index (κ3) is 4.03. The molecule has 3 rings (SSSR count). The lowest BCUT2D eigenvalue weighted by atomic mass is 10.1. The summed E-state index contributed by atoms with van der Waals surface area (Å²) in [6.45, 7) is 1.83. The second-order valence-electron chi connectivity index (χ2n) is 6.10. The second-order valence-corrected chi connectivity index (χ2v) is 6.54. The van der Waals surface area contributed by atoms with Crippen LogP contribution in [0.25, 0.3) is 0 Å². The van der Waals surface area contributed by atoms with Gasteiger partial charge in [0.1, 0.15) is 0 Å². The van der Waals surface area contributed by atoms with Gasteiger partial charge in [-0.2, -0.15) is 0 Å². The molecule has 2 amide bonds. The van der Waals surface area contributed by atoms with Gasteiger partial charge in [-0.1, -0.05) is 17.7 Å². The van der Waals surface area contributed by atoms with Gasteiger partial charge in [0.2, 0.25) is 11.8 Å². The van der Waals surface area contributed by atoms with Crippen LogP contribution in [0.5, 0.6) is 0 Å². The van der Waals surface area contributed by atoms with E-state index in [1.54, 1.807) is 23.1 Å². The highest BCUT2D eigenvalue weighted by molar-refractivity contribution is 6.30. The normalized spacial score (nSPS) is 24.2. The lowest BCUT2D eigenvalue weighted by Crippen LogP contribution is -2.34. The number of hydrogen-bond donors (Lipinski definition) is 1. The molecule has 2 aliphatic heterocycles. The summed E-state index contributed by atoms with van der Waals surface area (Å²) in [5, 5.41) is 3.51. The van der Waals surface area contributed by atoms with E-state index < -0.39 is 0 Å². The molecule has 2 saturated heterocycles. The average Bonchev–Trinajstić information content (AvgIpc) is 3.16. The fourth-order valence-corrected chi connectivity index (χ4v) is 3.33. The molecule has 0 spiro atoms. The Bertz CT molecular complexity index is 587. The van der Waals surface area contributed by atoms with E-state index in [1.165, 1.54) is 0 Å². The highest BCUT2D eigenvalue weighted by Gasteiger charge is 2.35. The van der Waals surface area contributed by atoms with Crippen LogP contribution in [0.3, 0.4) is 0 Å². The Kier molecular flexibility index (Phi) is 5.18. The highest BCUT2D eigenvalue weighted by atomic mass is 35.5. The Labute approximate surface area is 140 Å². The van der Waals surface area contributed by atoms with Crippen LogP contribution in [-0.2, 0) is 14.3 Å². The summed E-state index contributed by atoms with van der Waals surface area (Å²) in [5.41, 5.74) is 0.747. The maximum Gasteiger partial charge on any atom is 0.227 e. The van der Waals surface area contributed by atoms with Gasteiger partial charge < -0.3 is 15.0 Å². The van der Waals surface area contributed by atoms with E-state index in [1.807, 2.05) is 6.07 Å². The lowest BCUT2D eigenvalue weighted by Gasteiger charge is -2.17. The molecule has 2 aliphatic rings. The molecule has 23 heavy (non-hydrogen) atoms. The van der Waals surface area contributed by atoms with Gasteiger partial charge in [-0.15, -0.1) is 0 Å². The van der Waals surface area contributed by atoms with Gasteiger partial charge in [-0.05, 0) is 37.5 Å². The average molecular weight is 337 g/mol. The molecular formula is C17H21ClN2O3. The van der Waals surface area contributed by atoms with Crippen molar-refractivity contribution >= 4 is 29.1 Å². The topological polar surface area (TPSA) is 58.6 Å². The summed E-state index contributed by atoms with van der Waals surface area (Å²) < 4.78 is 5.54. The molecule has 0 aromatic heterocycles. The molecule has 124 valence electrons. The van der Waals surface area contributed by atoms with Crippen LogP contribution in [0.4, 0.5) is 5.69 Å². The number of anilines is 1. The molecule has 1 N–H and O–H groups in total. The molecule has 5 nitrogen and oxygen atoms in total. The number of rotatable bonds is 5. The zero-order valence-electron chi connectivity index (χ0n) is 13.0. The van der Waals surface area contributed by atoms with E-state index >= 15 is 0 Å². The van der Waals surface area contributed by atoms with Crippen molar-refractivity contribution in [2.75, 3.05) is 24.6 Å². The smallest absolute Gasteiger partial charge is 0.227 e. The first-order chi connectivity index (χ1) is 11.1. The van der Waals surface area contributed by atoms with Gasteiger partial charge in [0.15, 0.2) is 0 Å². The summed E-state index contributed by atoms with van der Waals surface area (Å²) in [6, 6.07) is 7.15. The minimum atomic E-state index is -0.300. The summed E-state index contributed by atoms with van der Waals surface area (Å²) in [6.07, 6.45) is 3.52. The first kappa shape index (κ1) is 16.3. The largest absolute Gasteiger partial charge is 0.378 e. The first-order valence-corrected chi connectivity index (χ1v) is 8.46. The molecule has 0 radical (unpaired) electrons. The standard InChI is InChI=1S/C17H21ClN2O3/c18-13-3-1-4-14(10-13)20-11-12(9-16(20)21)17(22)19-7-6-15-5-2-8-23-15/h1,3-4,10,12,15H,2,5-9,11H2,(H,19,22)/t12-,15+/m1/s1. The van der Waals surface area contributed by atoms with Crippen molar-refractivity contribution in [3.63, 3.8) is 0 Å². The van der Waals surface area contributed by atoms with E-state index in [4.69, 9.17) is 16.3 Å². The van der Waals surface area contributed by atoms with E-state index in [-0.39, 0.29) is 30.3 Å². The number of halogens is 1. The molecule has 2 atom stereocenters. The molecule has 1 aromatic rings. The van der Waals surface area contributed by atoms with Crippen molar-refractivity contribution in [3.05, 3.63) is 29.3 Å². The van der Waals surface area contributed by atoms with Crippen LogP contribution in [0, 0.1) is 5.92 Å². The Hall–Kier alpha value is -1.59. The molecule has 0 bridgehead atoms. The van der Waals surface area contributed by atoms with Gasteiger partial charge in [0.25, 0.3) is 0 Å². The zero-order chi connectivity index (χ0) is 16.2. The predicted octanol–water partition coefficient (Wildman–Crippen LogP) is 2.38. The predicted molar refractivity (Wildman–Crippen MR) is 88.5 cm³/mol. The van der Waals surface area contributed by atoms with Gasteiger partial charge in [0.05, 0.1) is 12.0 Å². The van der Waals surface area contributed by atoms with Crippen molar-refractivity contribution in [3.8, 4) is 0 Å². The molecule has 0 aliphatic carbocycles. The van der Waals surface area contributed by atoms with Gasteiger partial charge >= 0.3 is 0 Å². The highest BCUT2D eigenvalue weighted by Crippen LogP contribution is 2.27. The minimum absolute atomic E-state index is 0.0356. The van der Waals surface area contributed by atoms with Gasteiger partial charge in [-0.25, -0.2) is 0 Å². The van der Waals surface area contributed by atoms with E-state index in [2.05, 4.69) is 5.32 Å². The minimum Gasteiger partial charge on any atom is -0.378 e. The Morgan fingerprint density at radius 2 is 2.30 bits per heavy atom. The number of hydrogen-bond acceptors (Lipinski definition) is 3. The van der Waals surface area contributed by atoms with Gasteiger partial charge in [0, 0.05) is 36.8 Å². The zero-order valence-corrected chi connectivity index (χ0v) is 13.7. The van der Waals surface area contributed by atoms with Crippen molar-refractivity contribution in [1.82, 2.24) is 5.32 Å². The number of ether oxygens (including phenoxy) is 1. The van der Waals surface area contributed by atoms with Crippen molar-refractivity contribution in [2.24, 2.45) is 5.92 Å². The molecule has 1 aromatic carbocycles. The fourth-order valence-electron chi connectivity index (χ4n) is 3.15. The van der Waals surface area contributed by atoms with Crippen molar-refractivity contribution < 1.29 is 14.3 Å². The molecule has 0 saturated carbocycles. The maximum absolute atomic E-state index is 12.3. The van der Waals surface area contributed by atoms with Crippen LogP contribution < -0.4 is 10.2 Å². The molecule has 2 fully saturated rings. The van der Waals surface area contributed by atoms with Crippen molar-refractivity contribution in [1.29, 1.82) is 0 Å². The van der Waals surface area contributed by atoms with Crippen LogP contribution in [0.15, 0.2) is 24.3 Å². The summed E-state index contributed by atoms with van der Waals surface area (Å²) in [7, 11) is 0. The second kappa shape index (κ2) is 7.32. The fraction of sp³-hybridized carbons (Fsp3) is 0.529. The monoisotopic (exact) mass is 336 g/mol. The Morgan fingerprint density at radius 1 is 1.43 bits per heavy atom. The first-order valence-electron chi connectivity index (χ1n) is 8.09. The van der Waals surface area contributed by atoms with Gasteiger partial charge in [-0.3, -0.25) is 9.59 Å². The van der Waals surface area contributed by atoms with Crippen LogP contribution >= 0.6 is 11.6 Å². The van der Waals surface area contributed by atoms with Crippen LogP contribution in [-0.4, -0.2) is 37.6 Å². The van der Waals surface area contributed by atoms with Crippen molar-refractivity contribution in [2.45, 2.75) is 31.8 Å². The third-order valence-electron chi connectivity index (χ3n) is 4.41. The van der Waals surface area contributed by atoms with E-state index in [9.17, 15) is 9.59 Å². The van der Waals surface area contributed by atoms with E-state index in [0.717, 1.165) is 31.6 Å². The lowest BCUT2D eigenvalue weighted by molar-refractivity contribution is -0.126. The Balaban J connectivity index is 1.51. The molecule has 6 heteroatoms. The maximum atomic E-state index is 12.3. The van der Waals surface area contributed by atoms with Crippen LogP contribution in [0.1, 0.15) is 25.7 Å².